The zero-order chi connectivity index (χ0) is 12.4. The molecule has 0 aromatic rings. The first-order valence-electron chi connectivity index (χ1n) is 7.63. The summed E-state index contributed by atoms with van der Waals surface area (Å²) >= 11 is 0. The Morgan fingerprint density at radius 3 is 2.59 bits per heavy atom. The van der Waals surface area contributed by atoms with Crippen LogP contribution in [0, 0.1) is 11.8 Å². The molecule has 0 radical (unpaired) electrons. The summed E-state index contributed by atoms with van der Waals surface area (Å²) in [5, 5.41) is 0. The Kier molecular flexibility index (Phi) is 4.48. The number of likely N-dealkylation sites (tertiary alicyclic amines) is 1. The summed E-state index contributed by atoms with van der Waals surface area (Å²) in [6.07, 6.45) is 8.02. The predicted molar refractivity (Wildman–Crippen MR) is 74.0 cm³/mol. The monoisotopic (exact) mass is 238 g/mol. The normalized spacial score (nSPS) is 44.1. The van der Waals surface area contributed by atoms with Crippen molar-refractivity contribution in [2.45, 2.75) is 77.4 Å². The number of rotatable bonds is 3. The molecule has 1 heterocycles. The van der Waals surface area contributed by atoms with Crippen LogP contribution in [0.4, 0.5) is 0 Å². The second kappa shape index (κ2) is 5.71. The number of hydrogen-bond donors (Lipinski definition) is 1. The van der Waals surface area contributed by atoms with Gasteiger partial charge in [-0.25, -0.2) is 0 Å². The van der Waals surface area contributed by atoms with Crippen LogP contribution in [0.3, 0.4) is 0 Å². The first kappa shape index (κ1) is 13.4. The molecular weight excluding hydrogens is 208 g/mol. The summed E-state index contributed by atoms with van der Waals surface area (Å²) in [5.41, 5.74) is 6.32. The van der Waals surface area contributed by atoms with E-state index < -0.39 is 0 Å². The fraction of sp³-hybridized carbons (Fsp3) is 1.00. The van der Waals surface area contributed by atoms with Gasteiger partial charge in [0.25, 0.3) is 0 Å². The van der Waals surface area contributed by atoms with Gasteiger partial charge in [0.1, 0.15) is 0 Å². The average molecular weight is 238 g/mol. The number of hydrogen-bond acceptors (Lipinski definition) is 2. The van der Waals surface area contributed by atoms with Crippen LogP contribution in [0.15, 0.2) is 0 Å². The van der Waals surface area contributed by atoms with Crippen LogP contribution in [0.25, 0.3) is 0 Å². The quantitative estimate of drug-likeness (QED) is 0.819. The molecule has 1 aliphatic carbocycles. The summed E-state index contributed by atoms with van der Waals surface area (Å²) in [4.78, 5) is 2.75. The van der Waals surface area contributed by atoms with E-state index in [-0.39, 0.29) is 0 Å². The van der Waals surface area contributed by atoms with Crippen molar-refractivity contribution in [3.63, 3.8) is 0 Å². The van der Waals surface area contributed by atoms with Gasteiger partial charge in [-0.2, -0.15) is 0 Å². The fourth-order valence-electron chi connectivity index (χ4n) is 3.90. The van der Waals surface area contributed by atoms with Crippen LogP contribution in [-0.2, 0) is 0 Å². The zero-order valence-corrected chi connectivity index (χ0v) is 11.9. The smallest absolute Gasteiger partial charge is 0.00961 e. The first-order chi connectivity index (χ1) is 8.11. The molecule has 2 nitrogen and oxygen atoms in total. The van der Waals surface area contributed by atoms with Crippen molar-refractivity contribution in [3.8, 4) is 0 Å². The molecule has 2 aliphatic rings. The highest BCUT2D eigenvalue weighted by molar-refractivity contribution is 4.90. The highest BCUT2D eigenvalue weighted by atomic mass is 15.2. The zero-order valence-electron chi connectivity index (χ0n) is 11.9. The van der Waals surface area contributed by atoms with E-state index in [0.29, 0.717) is 6.04 Å². The van der Waals surface area contributed by atoms with Gasteiger partial charge in [0.05, 0.1) is 0 Å². The van der Waals surface area contributed by atoms with Gasteiger partial charge in [-0.05, 0) is 57.3 Å². The number of nitrogens with two attached hydrogens (primary N) is 1. The highest BCUT2D eigenvalue weighted by Gasteiger charge is 2.34. The van der Waals surface area contributed by atoms with E-state index >= 15 is 0 Å². The molecule has 2 heteroatoms. The van der Waals surface area contributed by atoms with Crippen molar-refractivity contribution in [3.05, 3.63) is 0 Å². The SMILES string of the molecule is CCC1CCC(C)N1CC1CC(C)CCC1N. The van der Waals surface area contributed by atoms with Gasteiger partial charge in [-0.15, -0.1) is 0 Å². The van der Waals surface area contributed by atoms with Crippen LogP contribution in [0.5, 0.6) is 0 Å². The molecule has 100 valence electrons. The molecule has 17 heavy (non-hydrogen) atoms. The van der Waals surface area contributed by atoms with Gasteiger partial charge in [0, 0.05) is 24.7 Å². The Balaban J connectivity index is 1.94. The topological polar surface area (TPSA) is 29.3 Å². The van der Waals surface area contributed by atoms with E-state index in [1.54, 1.807) is 0 Å². The summed E-state index contributed by atoms with van der Waals surface area (Å²) < 4.78 is 0. The predicted octanol–water partition coefficient (Wildman–Crippen LogP) is 3.01. The third kappa shape index (κ3) is 3.03. The molecule has 1 saturated carbocycles. The lowest BCUT2D eigenvalue weighted by Crippen LogP contribution is -2.46. The average Bonchev–Trinajstić information content (AvgIpc) is 2.65. The Bertz CT molecular complexity index is 241. The van der Waals surface area contributed by atoms with E-state index in [0.717, 1.165) is 23.9 Å². The molecule has 5 atom stereocenters. The standard InChI is InChI=1S/C15H30N2/c1-4-14-7-6-12(3)17(14)10-13-9-11(2)5-8-15(13)16/h11-15H,4-10,16H2,1-3H3. The van der Waals surface area contributed by atoms with Crippen molar-refractivity contribution >= 4 is 0 Å². The third-order valence-electron chi connectivity index (χ3n) is 5.17. The molecule has 0 aromatic carbocycles. The van der Waals surface area contributed by atoms with E-state index in [1.165, 1.54) is 45.1 Å². The first-order valence-corrected chi connectivity index (χ1v) is 7.63. The van der Waals surface area contributed by atoms with Crippen LogP contribution < -0.4 is 5.73 Å². The largest absolute Gasteiger partial charge is 0.327 e. The molecule has 0 aromatic heterocycles. The van der Waals surface area contributed by atoms with E-state index in [1.807, 2.05) is 0 Å². The van der Waals surface area contributed by atoms with Gasteiger partial charge in [-0.3, -0.25) is 4.90 Å². The molecule has 0 amide bonds. The molecule has 0 bridgehead atoms. The van der Waals surface area contributed by atoms with Crippen molar-refractivity contribution in [1.29, 1.82) is 0 Å². The van der Waals surface area contributed by atoms with E-state index in [2.05, 4.69) is 25.7 Å². The molecule has 2 fully saturated rings. The van der Waals surface area contributed by atoms with Crippen molar-refractivity contribution in [1.82, 2.24) is 4.90 Å². The molecule has 2 rings (SSSR count). The van der Waals surface area contributed by atoms with Crippen LogP contribution >= 0.6 is 0 Å². The molecule has 1 aliphatic heterocycles. The minimum Gasteiger partial charge on any atom is -0.327 e. The Hall–Kier alpha value is -0.0800. The van der Waals surface area contributed by atoms with Gasteiger partial charge >= 0.3 is 0 Å². The maximum atomic E-state index is 6.32. The molecule has 5 unspecified atom stereocenters. The van der Waals surface area contributed by atoms with Gasteiger partial charge in [0.2, 0.25) is 0 Å². The fourth-order valence-corrected chi connectivity index (χ4v) is 3.90. The minimum atomic E-state index is 0.455. The van der Waals surface area contributed by atoms with Crippen molar-refractivity contribution in [2.24, 2.45) is 17.6 Å². The molecule has 0 spiro atoms. The molecular formula is C15H30N2. The third-order valence-corrected chi connectivity index (χ3v) is 5.17. The maximum absolute atomic E-state index is 6.32. The van der Waals surface area contributed by atoms with Gasteiger partial charge in [-0.1, -0.05) is 13.8 Å². The Labute approximate surface area is 107 Å². The van der Waals surface area contributed by atoms with E-state index in [9.17, 15) is 0 Å². The summed E-state index contributed by atoms with van der Waals surface area (Å²) in [6, 6.07) is 2.07. The highest BCUT2D eigenvalue weighted by Crippen LogP contribution is 2.33. The van der Waals surface area contributed by atoms with Crippen molar-refractivity contribution in [2.75, 3.05) is 6.54 Å². The summed E-state index contributed by atoms with van der Waals surface area (Å²) in [6.45, 7) is 8.38. The van der Waals surface area contributed by atoms with Crippen LogP contribution in [0.1, 0.15) is 59.3 Å². The lowest BCUT2D eigenvalue weighted by atomic mass is 9.79. The van der Waals surface area contributed by atoms with Gasteiger partial charge < -0.3 is 5.73 Å². The van der Waals surface area contributed by atoms with Crippen LogP contribution in [0.2, 0.25) is 0 Å². The number of nitrogens with zero attached hydrogens (tertiary/aromatic N) is 1. The van der Waals surface area contributed by atoms with Crippen molar-refractivity contribution < 1.29 is 0 Å². The lowest BCUT2D eigenvalue weighted by Gasteiger charge is -2.38. The summed E-state index contributed by atoms with van der Waals surface area (Å²) in [5.74, 6) is 1.63. The lowest BCUT2D eigenvalue weighted by molar-refractivity contribution is 0.124. The Morgan fingerprint density at radius 1 is 1.12 bits per heavy atom. The second-order valence-electron chi connectivity index (χ2n) is 6.53. The molecule has 1 saturated heterocycles. The summed E-state index contributed by atoms with van der Waals surface area (Å²) in [7, 11) is 0. The second-order valence-corrected chi connectivity index (χ2v) is 6.53. The molecule has 2 N–H and O–H groups in total. The van der Waals surface area contributed by atoms with E-state index in [4.69, 9.17) is 5.73 Å². The minimum absolute atomic E-state index is 0.455. The van der Waals surface area contributed by atoms with Gasteiger partial charge in [0.15, 0.2) is 0 Å². The Morgan fingerprint density at radius 2 is 1.88 bits per heavy atom. The van der Waals surface area contributed by atoms with Crippen LogP contribution in [-0.4, -0.2) is 29.6 Å². The maximum Gasteiger partial charge on any atom is 0.00961 e.